The van der Waals surface area contributed by atoms with Gasteiger partial charge in [-0.1, -0.05) is 0 Å². The predicted octanol–water partition coefficient (Wildman–Crippen LogP) is 3.81. The summed E-state index contributed by atoms with van der Waals surface area (Å²) in [5.41, 5.74) is 1.91. The van der Waals surface area contributed by atoms with Crippen molar-refractivity contribution < 1.29 is 27.0 Å². The summed E-state index contributed by atoms with van der Waals surface area (Å²) in [5, 5.41) is 7.65. The Bertz CT molecular complexity index is 1130. The molecule has 1 aromatic carbocycles. The second-order valence-corrected chi connectivity index (χ2v) is 6.31. The summed E-state index contributed by atoms with van der Waals surface area (Å²) < 4.78 is 65.4. The minimum absolute atomic E-state index is 0.0234. The number of hydrogen-bond acceptors (Lipinski definition) is 7. The first-order valence-corrected chi connectivity index (χ1v) is 8.81. The highest BCUT2D eigenvalue weighted by molar-refractivity contribution is 5.81. The van der Waals surface area contributed by atoms with Gasteiger partial charge in [-0.2, -0.15) is 27.8 Å². The van der Waals surface area contributed by atoms with E-state index in [1.54, 1.807) is 13.0 Å². The van der Waals surface area contributed by atoms with Crippen LogP contribution in [-0.4, -0.2) is 40.2 Å². The maximum atomic E-state index is 14.0. The van der Waals surface area contributed by atoms with Gasteiger partial charge in [0.2, 0.25) is 11.9 Å². The highest BCUT2D eigenvalue weighted by atomic mass is 19.4. The summed E-state index contributed by atoms with van der Waals surface area (Å²) >= 11 is 0. The van der Waals surface area contributed by atoms with Crippen molar-refractivity contribution in [3.05, 3.63) is 47.2 Å². The van der Waals surface area contributed by atoms with Crippen molar-refractivity contribution in [1.82, 2.24) is 19.7 Å². The Kier molecular flexibility index (Phi) is 6.09. The molecule has 0 bridgehead atoms. The molecule has 0 atom stereocenters. The zero-order chi connectivity index (χ0) is 22.8. The third-order valence-electron chi connectivity index (χ3n) is 4.25. The van der Waals surface area contributed by atoms with Crippen molar-refractivity contribution >= 4 is 12.2 Å². The molecule has 0 amide bonds. The van der Waals surface area contributed by atoms with Gasteiger partial charge >= 0.3 is 6.18 Å². The topological polar surface area (TPSA) is 86.5 Å². The van der Waals surface area contributed by atoms with E-state index in [0.29, 0.717) is 22.8 Å². The van der Waals surface area contributed by atoms with Crippen LogP contribution in [0.2, 0.25) is 0 Å². The van der Waals surface area contributed by atoms with Gasteiger partial charge in [-0.25, -0.2) is 20.1 Å². The van der Waals surface area contributed by atoms with Crippen LogP contribution >= 0.6 is 0 Å². The Hall–Kier alpha value is -3.70. The fourth-order valence-corrected chi connectivity index (χ4v) is 2.73. The maximum absolute atomic E-state index is 14.0. The lowest BCUT2D eigenvalue weighted by atomic mass is 10.1. The number of aromatic nitrogens is 4. The number of hydrogen-bond donors (Lipinski definition) is 1. The van der Waals surface area contributed by atoms with Crippen LogP contribution in [0.5, 0.6) is 11.5 Å². The van der Waals surface area contributed by atoms with E-state index in [4.69, 9.17) is 9.47 Å². The van der Waals surface area contributed by atoms with Gasteiger partial charge in [0.25, 0.3) is 0 Å². The summed E-state index contributed by atoms with van der Waals surface area (Å²) in [6.07, 6.45) is -3.63. The van der Waals surface area contributed by atoms with Crippen LogP contribution in [0.4, 0.5) is 23.5 Å². The molecular formula is C19H18F4N6O2. The fraction of sp³-hybridized carbons (Fsp3) is 0.263. The molecular weight excluding hydrogens is 420 g/mol. The molecule has 0 spiro atoms. The van der Waals surface area contributed by atoms with Gasteiger partial charge in [-0.3, -0.25) is 0 Å². The zero-order valence-electron chi connectivity index (χ0n) is 17.0. The summed E-state index contributed by atoms with van der Waals surface area (Å²) in [6.45, 7) is 1.57. The van der Waals surface area contributed by atoms with Crippen LogP contribution in [0.15, 0.2) is 29.4 Å². The van der Waals surface area contributed by atoms with Gasteiger partial charge < -0.3 is 9.47 Å². The number of nitrogens with one attached hydrogen (secondary N) is 1. The number of ether oxygens (including phenoxy) is 2. The van der Waals surface area contributed by atoms with E-state index in [0.717, 1.165) is 17.0 Å². The van der Waals surface area contributed by atoms with Crippen molar-refractivity contribution in [2.75, 3.05) is 19.6 Å². The van der Waals surface area contributed by atoms with E-state index >= 15 is 0 Å². The Balaban J connectivity index is 1.99. The lowest BCUT2D eigenvalue weighted by Gasteiger charge is -2.12. The van der Waals surface area contributed by atoms with Gasteiger partial charge in [0.05, 0.1) is 37.4 Å². The predicted molar refractivity (Wildman–Crippen MR) is 105 cm³/mol. The number of hydrazone groups is 1. The average Bonchev–Trinajstić information content (AvgIpc) is 2.98. The van der Waals surface area contributed by atoms with Gasteiger partial charge in [0, 0.05) is 12.6 Å². The van der Waals surface area contributed by atoms with Gasteiger partial charge in [0.1, 0.15) is 0 Å². The summed E-state index contributed by atoms with van der Waals surface area (Å²) in [7, 11) is 4.26. The third kappa shape index (κ3) is 4.73. The second-order valence-electron chi connectivity index (χ2n) is 6.31. The molecule has 0 aliphatic carbocycles. The van der Waals surface area contributed by atoms with Crippen LogP contribution < -0.4 is 14.9 Å². The molecule has 0 unspecified atom stereocenters. The molecule has 0 saturated heterocycles. The summed E-state index contributed by atoms with van der Waals surface area (Å²) in [5.74, 6) is -0.327. The normalized spacial score (nSPS) is 11.7. The van der Waals surface area contributed by atoms with E-state index in [1.807, 2.05) is 0 Å². The molecule has 3 rings (SSSR count). The Morgan fingerprint density at radius 3 is 2.39 bits per heavy atom. The minimum Gasteiger partial charge on any atom is -0.493 e. The van der Waals surface area contributed by atoms with Gasteiger partial charge in [-0.05, 0) is 31.2 Å². The first-order chi connectivity index (χ1) is 14.6. The molecule has 3 aromatic rings. The van der Waals surface area contributed by atoms with Crippen molar-refractivity contribution in [3.63, 3.8) is 0 Å². The van der Waals surface area contributed by atoms with E-state index in [2.05, 4.69) is 25.6 Å². The molecule has 2 heterocycles. The van der Waals surface area contributed by atoms with E-state index in [9.17, 15) is 17.6 Å². The van der Waals surface area contributed by atoms with Crippen molar-refractivity contribution in [1.29, 1.82) is 0 Å². The molecule has 1 N–H and O–H groups in total. The lowest BCUT2D eigenvalue weighted by Crippen LogP contribution is -2.11. The standard InChI is InChI=1S/C19H18F4N6O2/c1-10-12(17(20)29(2)28-10)9-24-27-18-25-13(8-16(26-18)19(21,22)23)11-5-6-14(30-3)15(7-11)31-4/h5-9H,1-4H3,(H,25,26,27)/b24-9+. The van der Waals surface area contributed by atoms with Crippen LogP contribution in [0, 0.1) is 12.9 Å². The number of nitrogens with zero attached hydrogens (tertiary/aromatic N) is 5. The van der Waals surface area contributed by atoms with E-state index in [-0.39, 0.29) is 11.3 Å². The minimum atomic E-state index is -4.72. The van der Waals surface area contributed by atoms with Crippen LogP contribution in [0.25, 0.3) is 11.3 Å². The zero-order valence-corrected chi connectivity index (χ0v) is 17.0. The number of alkyl halides is 3. The molecule has 12 heteroatoms. The maximum Gasteiger partial charge on any atom is 0.433 e. The highest BCUT2D eigenvalue weighted by Gasteiger charge is 2.34. The molecule has 0 aliphatic rings. The fourth-order valence-electron chi connectivity index (χ4n) is 2.73. The number of methoxy groups -OCH3 is 2. The van der Waals surface area contributed by atoms with Gasteiger partial charge in [-0.15, -0.1) is 0 Å². The molecule has 2 aromatic heterocycles. The smallest absolute Gasteiger partial charge is 0.433 e. The number of halogens is 4. The van der Waals surface area contributed by atoms with Crippen LogP contribution in [-0.2, 0) is 13.2 Å². The largest absolute Gasteiger partial charge is 0.493 e. The van der Waals surface area contributed by atoms with Crippen LogP contribution in [0.1, 0.15) is 17.0 Å². The van der Waals surface area contributed by atoms with Crippen LogP contribution in [0.3, 0.4) is 0 Å². The Morgan fingerprint density at radius 1 is 1.10 bits per heavy atom. The molecule has 0 aliphatic heterocycles. The quantitative estimate of drug-likeness (QED) is 0.358. The van der Waals surface area contributed by atoms with Crippen molar-refractivity contribution in [2.45, 2.75) is 13.1 Å². The molecule has 0 radical (unpaired) electrons. The van der Waals surface area contributed by atoms with E-state index < -0.39 is 23.8 Å². The number of aryl methyl sites for hydroxylation is 2. The third-order valence-corrected chi connectivity index (χ3v) is 4.25. The van der Waals surface area contributed by atoms with Crippen molar-refractivity contribution in [3.8, 4) is 22.8 Å². The highest BCUT2D eigenvalue weighted by Crippen LogP contribution is 2.34. The van der Waals surface area contributed by atoms with E-state index in [1.165, 1.54) is 33.4 Å². The molecule has 0 saturated carbocycles. The number of anilines is 1. The molecule has 8 nitrogen and oxygen atoms in total. The second kappa shape index (κ2) is 8.58. The number of benzene rings is 1. The molecule has 31 heavy (non-hydrogen) atoms. The molecule has 0 fully saturated rings. The first-order valence-electron chi connectivity index (χ1n) is 8.81. The summed E-state index contributed by atoms with van der Waals surface area (Å²) in [4.78, 5) is 7.54. The lowest BCUT2D eigenvalue weighted by molar-refractivity contribution is -0.141. The molecule has 164 valence electrons. The Morgan fingerprint density at radius 2 is 1.81 bits per heavy atom. The Labute approximate surface area is 174 Å². The first kappa shape index (κ1) is 22.0. The monoisotopic (exact) mass is 438 g/mol. The number of rotatable bonds is 6. The van der Waals surface area contributed by atoms with Crippen molar-refractivity contribution in [2.24, 2.45) is 12.1 Å². The van der Waals surface area contributed by atoms with Gasteiger partial charge in [0.15, 0.2) is 17.2 Å². The SMILES string of the molecule is COc1ccc(-c2cc(C(F)(F)F)nc(N/N=C/c3c(C)nn(C)c3F)n2)cc1OC. The summed E-state index contributed by atoms with van der Waals surface area (Å²) in [6, 6.07) is 5.37. The average molecular weight is 438 g/mol.